The lowest BCUT2D eigenvalue weighted by Gasteiger charge is -2.41. The van der Waals surface area contributed by atoms with E-state index in [0.717, 1.165) is 12.0 Å². The number of fused-ring (bicyclic) bond motifs is 2. The van der Waals surface area contributed by atoms with E-state index in [1.165, 1.54) is 37.9 Å². The normalized spacial score (nSPS) is 28.5. The summed E-state index contributed by atoms with van der Waals surface area (Å²) in [5, 5.41) is 0. The van der Waals surface area contributed by atoms with Crippen molar-refractivity contribution in [2.45, 2.75) is 25.3 Å². The largest absolute Gasteiger partial charge is 0.296 e. The third-order valence-corrected chi connectivity index (χ3v) is 3.91. The Morgan fingerprint density at radius 2 is 1.94 bits per heavy atom. The second-order valence-corrected chi connectivity index (χ2v) is 5.02. The zero-order valence-corrected chi connectivity index (χ0v) is 9.68. The maximum Gasteiger partial charge on any atom is 0.0278 e. The fourth-order valence-electron chi connectivity index (χ4n) is 2.93. The fourth-order valence-corrected chi connectivity index (χ4v) is 2.93. The van der Waals surface area contributed by atoms with E-state index in [9.17, 15) is 0 Å². The minimum absolute atomic E-state index is 0.730. The average molecular weight is 213 g/mol. The standard InChI is InChI=1S/C15H19N/c1-2-4-13(5-3-1)10-11-16-12-14-6-8-15(16)9-7-14/h1-6,8,14-15H,7,9-12H2. The second-order valence-electron chi connectivity index (χ2n) is 5.02. The quantitative estimate of drug-likeness (QED) is 0.698. The van der Waals surface area contributed by atoms with Crippen LogP contribution in [-0.4, -0.2) is 24.0 Å². The van der Waals surface area contributed by atoms with Gasteiger partial charge in [0.1, 0.15) is 0 Å². The second kappa shape index (κ2) is 4.42. The van der Waals surface area contributed by atoms with Crippen LogP contribution in [0.1, 0.15) is 18.4 Å². The molecular weight excluding hydrogens is 194 g/mol. The third kappa shape index (κ3) is 2.05. The van der Waals surface area contributed by atoms with E-state index in [1.807, 2.05) is 0 Å². The molecule has 1 heteroatoms. The van der Waals surface area contributed by atoms with Crippen molar-refractivity contribution in [2.24, 2.45) is 5.92 Å². The number of hydrogen-bond acceptors (Lipinski definition) is 1. The minimum Gasteiger partial charge on any atom is -0.296 e. The molecule has 16 heavy (non-hydrogen) atoms. The summed E-state index contributed by atoms with van der Waals surface area (Å²) >= 11 is 0. The Morgan fingerprint density at radius 3 is 2.56 bits per heavy atom. The zero-order chi connectivity index (χ0) is 10.8. The molecule has 2 unspecified atom stereocenters. The van der Waals surface area contributed by atoms with Gasteiger partial charge in [0.05, 0.1) is 0 Å². The van der Waals surface area contributed by atoms with E-state index in [0.29, 0.717) is 0 Å². The lowest BCUT2D eigenvalue weighted by molar-refractivity contribution is 0.139. The Kier molecular flexibility index (Phi) is 2.79. The monoisotopic (exact) mass is 213 g/mol. The van der Waals surface area contributed by atoms with Gasteiger partial charge in [-0.3, -0.25) is 4.90 Å². The number of benzene rings is 1. The van der Waals surface area contributed by atoms with E-state index in [-0.39, 0.29) is 0 Å². The van der Waals surface area contributed by atoms with Crippen LogP contribution < -0.4 is 0 Å². The van der Waals surface area contributed by atoms with Crippen molar-refractivity contribution in [1.29, 1.82) is 0 Å². The Hall–Kier alpha value is -1.08. The summed E-state index contributed by atoms with van der Waals surface area (Å²) in [5.74, 6) is 0.834. The van der Waals surface area contributed by atoms with Crippen LogP contribution in [-0.2, 0) is 6.42 Å². The SMILES string of the molecule is C1=CC2CCC1CN2CCc1ccccc1. The van der Waals surface area contributed by atoms with E-state index < -0.39 is 0 Å². The Bertz CT molecular complexity index is 368. The molecule has 2 bridgehead atoms. The van der Waals surface area contributed by atoms with Gasteiger partial charge in [0.25, 0.3) is 0 Å². The molecule has 84 valence electrons. The van der Waals surface area contributed by atoms with Gasteiger partial charge in [-0.15, -0.1) is 0 Å². The number of piperidine rings is 1. The summed E-state index contributed by atoms with van der Waals surface area (Å²) < 4.78 is 0. The molecule has 2 atom stereocenters. The summed E-state index contributed by atoms with van der Waals surface area (Å²) in [6.45, 7) is 2.50. The van der Waals surface area contributed by atoms with Gasteiger partial charge >= 0.3 is 0 Å². The molecule has 1 fully saturated rings. The van der Waals surface area contributed by atoms with E-state index >= 15 is 0 Å². The Morgan fingerprint density at radius 1 is 1.06 bits per heavy atom. The highest BCUT2D eigenvalue weighted by Gasteiger charge is 2.28. The highest BCUT2D eigenvalue weighted by atomic mass is 15.2. The van der Waals surface area contributed by atoms with Crippen molar-refractivity contribution in [3.05, 3.63) is 48.0 Å². The molecule has 1 saturated heterocycles. The number of nitrogens with zero attached hydrogens (tertiary/aromatic N) is 1. The molecule has 1 aromatic carbocycles. The lowest BCUT2D eigenvalue weighted by atomic mass is 9.86. The first-order valence-electron chi connectivity index (χ1n) is 6.38. The molecule has 2 aliphatic heterocycles. The van der Waals surface area contributed by atoms with Crippen LogP contribution in [0.4, 0.5) is 0 Å². The first-order chi connectivity index (χ1) is 7.92. The average Bonchev–Trinajstić information content (AvgIpc) is 2.39. The highest BCUT2D eigenvalue weighted by Crippen LogP contribution is 2.29. The molecule has 2 heterocycles. The smallest absolute Gasteiger partial charge is 0.0278 e. The van der Waals surface area contributed by atoms with Crippen LogP contribution in [0.25, 0.3) is 0 Å². The van der Waals surface area contributed by atoms with Crippen molar-refractivity contribution in [2.75, 3.05) is 13.1 Å². The molecule has 0 N–H and O–H groups in total. The van der Waals surface area contributed by atoms with E-state index in [1.54, 1.807) is 0 Å². The van der Waals surface area contributed by atoms with Gasteiger partial charge in [-0.1, -0.05) is 42.5 Å². The summed E-state index contributed by atoms with van der Waals surface area (Å²) in [4.78, 5) is 2.65. The van der Waals surface area contributed by atoms with Gasteiger partial charge in [-0.25, -0.2) is 0 Å². The molecule has 3 aliphatic rings. The maximum atomic E-state index is 2.65. The summed E-state index contributed by atoms with van der Waals surface area (Å²) in [6.07, 6.45) is 8.81. The molecule has 0 amide bonds. The molecule has 0 saturated carbocycles. The summed E-state index contributed by atoms with van der Waals surface area (Å²) in [5.41, 5.74) is 1.47. The molecule has 1 aromatic rings. The van der Waals surface area contributed by atoms with Crippen molar-refractivity contribution in [3.8, 4) is 0 Å². The topological polar surface area (TPSA) is 3.24 Å². The fraction of sp³-hybridized carbons (Fsp3) is 0.467. The molecule has 1 aliphatic carbocycles. The van der Waals surface area contributed by atoms with Crippen LogP contribution in [0.5, 0.6) is 0 Å². The molecular formula is C15H19N. The van der Waals surface area contributed by atoms with Gasteiger partial charge in [-0.2, -0.15) is 0 Å². The number of rotatable bonds is 3. The first kappa shape index (κ1) is 10.1. The van der Waals surface area contributed by atoms with Crippen molar-refractivity contribution in [3.63, 3.8) is 0 Å². The predicted molar refractivity (Wildman–Crippen MR) is 67.4 cm³/mol. The number of hydrogen-bond donors (Lipinski definition) is 0. The van der Waals surface area contributed by atoms with Crippen molar-refractivity contribution >= 4 is 0 Å². The van der Waals surface area contributed by atoms with Crippen LogP contribution in [0, 0.1) is 5.92 Å². The van der Waals surface area contributed by atoms with Crippen LogP contribution in [0.2, 0.25) is 0 Å². The molecule has 0 aromatic heterocycles. The van der Waals surface area contributed by atoms with E-state index in [2.05, 4.69) is 47.4 Å². The lowest BCUT2D eigenvalue weighted by Crippen LogP contribution is -2.45. The molecule has 0 radical (unpaired) electrons. The highest BCUT2D eigenvalue weighted by molar-refractivity contribution is 5.15. The third-order valence-electron chi connectivity index (χ3n) is 3.91. The Labute approximate surface area is 97.8 Å². The van der Waals surface area contributed by atoms with Gasteiger partial charge in [-0.05, 0) is 30.7 Å². The van der Waals surface area contributed by atoms with Gasteiger partial charge in [0, 0.05) is 19.1 Å². The van der Waals surface area contributed by atoms with Crippen molar-refractivity contribution in [1.82, 2.24) is 4.90 Å². The summed E-state index contributed by atoms with van der Waals surface area (Å²) in [6, 6.07) is 11.6. The van der Waals surface area contributed by atoms with Crippen LogP contribution >= 0.6 is 0 Å². The molecule has 1 nitrogen and oxygen atoms in total. The van der Waals surface area contributed by atoms with Crippen LogP contribution in [0.15, 0.2) is 42.5 Å². The molecule has 0 spiro atoms. The van der Waals surface area contributed by atoms with Gasteiger partial charge in [0.2, 0.25) is 0 Å². The first-order valence-corrected chi connectivity index (χ1v) is 6.38. The van der Waals surface area contributed by atoms with E-state index in [4.69, 9.17) is 0 Å². The molecule has 4 rings (SSSR count). The minimum atomic E-state index is 0.730. The zero-order valence-electron chi connectivity index (χ0n) is 9.68. The summed E-state index contributed by atoms with van der Waals surface area (Å²) in [7, 11) is 0. The maximum absolute atomic E-state index is 2.65. The Balaban J connectivity index is 1.59. The van der Waals surface area contributed by atoms with Gasteiger partial charge in [0.15, 0.2) is 0 Å². The predicted octanol–water partition coefficient (Wildman–Crippen LogP) is 2.88. The van der Waals surface area contributed by atoms with Crippen molar-refractivity contribution < 1.29 is 0 Å². The van der Waals surface area contributed by atoms with Gasteiger partial charge < -0.3 is 0 Å². The van der Waals surface area contributed by atoms with Crippen LogP contribution in [0.3, 0.4) is 0 Å².